The largest absolute Gasteiger partial charge is 0.364 e. The Morgan fingerprint density at radius 1 is 1.18 bits per heavy atom. The lowest BCUT2D eigenvalue weighted by Crippen LogP contribution is -3.15. The summed E-state index contributed by atoms with van der Waals surface area (Å²) >= 11 is 0. The summed E-state index contributed by atoms with van der Waals surface area (Å²) in [6.07, 6.45) is 5.26. The van der Waals surface area contributed by atoms with Crippen LogP contribution in [-0.2, 0) is 4.74 Å². The molecule has 1 saturated heterocycles. The second-order valence-electron chi connectivity index (χ2n) is 4.93. The van der Waals surface area contributed by atoms with Gasteiger partial charge in [-0.05, 0) is 25.5 Å². The first-order valence-electron chi connectivity index (χ1n) is 6.44. The van der Waals surface area contributed by atoms with Crippen LogP contribution in [0.1, 0.15) is 19.4 Å². The molecule has 0 spiro atoms. The van der Waals surface area contributed by atoms with E-state index in [1.54, 1.807) is 4.90 Å². The maximum atomic E-state index is 5.74. The third kappa shape index (κ3) is 3.99. The number of quaternary nitrogens is 1. The van der Waals surface area contributed by atoms with Gasteiger partial charge in [0.1, 0.15) is 25.3 Å². The van der Waals surface area contributed by atoms with E-state index in [0.29, 0.717) is 12.2 Å². The summed E-state index contributed by atoms with van der Waals surface area (Å²) < 4.78 is 5.74. The minimum Gasteiger partial charge on any atom is -0.364 e. The van der Waals surface area contributed by atoms with Crippen LogP contribution in [0.15, 0.2) is 36.4 Å². The van der Waals surface area contributed by atoms with E-state index >= 15 is 0 Å². The first-order chi connectivity index (χ1) is 8.24. The molecule has 92 valence electrons. The van der Waals surface area contributed by atoms with Crippen molar-refractivity contribution >= 4 is 6.08 Å². The van der Waals surface area contributed by atoms with Gasteiger partial charge in [-0.2, -0.15) is 0 Å². The van der Waals surface area contributed by atoms with Crippen molar-refractivity contribution in [2.45, 2.75) is 26.1 Å². The summed E-state index contributed by atoms with van der Waals surface area (Å²) in [5.41, 5.74) is 1.28. The molecule has 0 saturated carbocycles. The van der Waals surface area contributed by atoms with E-state index in [0.717, 1.165) is 19.6 Å². The van der Waals surface area contributed by atoms with Crippen LogP contribution in [0, 0.1) is 0 Å². The number of ether oxygens (including phenoxy) is 1. The van der Waals surface area contributed by atoms with Gasteiger partial charge in [0.25, 0.3) is 0 Å². The molecule has 0 unspecified atom stereocenters. The van der Waals surface area contributed by atoms with Gasteiger partial charge in [-0.15, -0.1) is 0 Å². The van der Waals surface area contributed by atoms with Crippen molar-refractivity contribution in [3.05, 3.63) is 42.0 Å². The summed E-state index contributed by atoms with van der Waals surface area (Å²) in [5, 5.41) is 0. The SMILES string of the molecule is C[C@@H]1C[NH+](C/C=C/c2ccccc2)C[C@@H](C)O1. The van der Waals surface area contributed by atoms with Crippen molar-refractivity contribution in [2.75, 3.05) is 19.6 Å². The molecule has 2 heteroatoms. The number of rotatable bonds is 3. The standard InChI is InChI=1S/C15H21NO/c1-13-11-16(12-14(2)17-13)10-6-9-15-7-4-3-5-8-15/h3-9,13-14H,10-12H2,1-2H3/p+1/b9-6+/t13-,14-/m1/s1. The van der Waals surface area contributed by atoms with Gasteiger partial charge in [-0.1, -0.05) is 36.4 Å². The van der Waals surface area contributed by atoms with Gasteiger partial charge in [0.05, 0.1) is 6.54 Å². The van der Waals surface area contributed by atoms with Gasteiger partial charge in [-0.3, -0.25) is 0 Å². The number of hydrogen-bond acceptors (Lipinski definition) is 1. The topological polar surface area (TPSA) is 13.7 Å². The number of morpholine rings is 1. The van der Waals surface area contributed by atoms with Crippen LogP contribution in [0.2, 0.25) is 0 Å². The van der Waals surface area contributed by atoms with Crippen molar-refractivity contribution in [1.29, 1.82) is 0 Å². The predicted molar refractivity (Wildman–Crippen MR) is 71.0 cm³/mol. The second-order valence-corrected chi connectivity index (χ2v) is 4.93. The summed E-state index contributed by atoms with van der Waals surface area (Å²) in [6, 6.07) is 10.5. The van der Waals surface area contributed by atoms with E-state index in [-0.39, 0.29) is 0 Å². The molecular weight excluding hydrogens is 210 g/mol. The normalized spacial score (nSPS) is 29.6. The van der Waals surface area contributed by atoms with Crippen LogP contribution in [-0.4, -0.2) is 31.8 Å². The zero-order valence-corrected chi connectivity index (χ0v) is 10.7. The molecule has 0 bridgehead atoms. The summed E-state index contributed by atoms with van der Waals surface area (Å²) in [4.78, 5) is 1.61. The van der Waals surface area contributed by atoms with Crippen LogP contribution in [0.4, 0.5) is 0 Å². The van der Waals surface area contributed by atoms with E-state index < -0.39 is 0 Å². The molecule has 2 nitrogen and oxygen atoms in total. The second kappa shape index (κ2) is 5.99. The van der Waals surface area contributed by atoms with Crippen LogP contribution < -0.4 is 4.90 Å². The number of benzene rings is 1. The molecule has 0 aromatic heterocycles. The molecule has 2 rings (SSSR count). The maximum absolute atomic E-state index is 5.74. The van der Waals surface area contributed by atoms with Crippen LogP contribution in [0.5, 0.6) is 0 Å². The number of nitrogens with one attached hydrogen (secondary N) is 1. The van der Waals surface area contributed by atoms with Crippen LogP contribution >= 0.6 is 0 Å². The molecule has 2 atom stereocenters. The zero-order chi connectivity index (χ0) is 12.1. The summed E-state index contributed by atoms with van der Waals surface area (Å²) in [6.45, 7) is 7.65. The molecule has 1 N–H and O–H groups in total. The molecule has 1 aliphatic rings. The Morgan fingerprint density at radius 3 is 2.47 bits per heavy atom. The first kappa shape index (κ1) is 12.3. The Bertz CT molecular complexity index is 350. The molecule has 1 aromatic carbocycles. The molecule has 0 aliphatic carbocycles. The highest BCUT2D eigenvalue weighted by atomic mass is 16.5. The van der Waals surface area contributed by atoms with E-state index in [1.165, 1.54) is 5.56 Å². The van der Waals surface area contributed by atoms with Crippen molar-refractivity contribution in [3.8, 4) is 0 Å². The lowest BCUT2D eigenvalue weighted by Gasteiger charge is -2.31. The van der Waals surface area contributed by atoms with Crippen molar-refractivity contribution in [1.82, 2.24) is 0 Å². The fourth-order valence-corrected chi connectivity index (χ4v) is 2.48. The lowest BCUT2D eigenvalue weighted by atomic mass is 10.2. The van der Waals surface area contributed by atoms with Crippen molar-refractivity contribution in [3.63, 3.8) is 0 Å². The lowest BCUT2D eigenvalue weighted by molar-refractivity contribution is -0.909. The number of hydrogen-bond donors (Lipinski definition) is 1. The van der Waals surface area contributed by atoms with Crippen LogP contribution in [0.3, 0.4) is 0 Å². The average Bonchev–Trinajstić information content (AvgIpc) is 2.29. The molecule has 1 aliphatic heterocycles. The van der Waals surface area contributed by atoms with Gasteiger partial charge >= 0.3 is 0 Å². The summed E-state index contributed by atoms with van der Waals surface area (Å²) in [7, 11) is 0. The fraction of sp³-hybridized carbons (Fsp3) is 0.467. The van der Waals surface area contributed by atoms with Gasteiger partial charge < -0.3 is 9.64 Å². The molecule has 1 heterocycles. The van der Waals surface area contributed by atoms with E-state index in [9.17, 15) is 0 Å². The average molecular weight is 232 g/mol. The van der Waals surface area contributed by atoms with E-state index in [1.807, 2.05) is 6.07 Å². The Labute approximate surface area is 104 Å². The maximum Gasteiger partial charge on any atom is 0.104 e. The van der Waals surface area contributed by atoms with E-state index in [4.69, 9.17) is 4.74 Å². The molecule has 17 heavy (non-hydrogen) atoms. The molecule has 1 aromatic rings. The highest BCUT2D eigenvalue weighted by molar-refractivity contribution is 5.48. The molecular formula is C15H22NO+. The van der Waals surface area contributed by atoms with Gasteiger partial charge in [0, 0.05) is 0 Å². The Hall–Kier alpha value is -1.12. The summed E-state index contributed by atoms with van der Waals surface area (Å²) in [5.74, 6) is 0. The minimum atomic E-state index is 0.388. The fourth-order valence-electron chi connectivity index (χ4n) is 2.48. The van der Waals surface area contributed by atoms with Gasteiger partial charge in [-0.25, -0.2) is 0 Å². The Morgan fingerprint density at radius 2 is 1.82 bits per heavy atom. The monoisotopic (exact) mass is 232 g/mol. The zero-order valence-electron chi connectivity index (χ0n) is 10.7. The van der Waals surface area contributed by atoms with Gasteiger partial charge in [0.15, 0.2) is 0 Å². The predicted octanol–water partition coefficient (Wildman–Crippen LogP) is 1.39. The smallest absolute Gasteiger partial charge is 0.104 e. The van der Waals surface area contributed by atoms with Crippen molar-refractivity contribution in [2.24, 2.45) is 0 Å². The Kier molecular flexibility index (Phi) is 4.35. The third-order valence-electron chi connectivity index (χ3n) is 3.13. The quantitative estimate of drug-likeness (QED) is 0.831. The van der Waals surface area contributed by atoms with Crippen LogP contribution in [0.25, 0.3) is 6.08 Å². The highest BCUT2D eigenvalue weighted by Crippen LogP contribution is 2.01. The Balaban J connectivity index is 1.83. The molecule has 0 amide bonds. The highest BCUT2D eigenvalue weighted by Gasteiger charge is 2.24. The van der Waals surface area contributed by atoms with Gasteiger partial charge in [0.2, 0.25) is 0 Å². The van der Waals surface area contributed by atoms with Crippen molar-refractivity contribution < 1.29 is 9.64 Å². The van der Waals surface area contributed by atoms with E-state index in [2.05, 4.69) is 50.3 Å². The molecule has 0 radical (unpaired) electrons. The third-order valence-corrected chi connectivity index (χ3v) is 3.13. The molecule has 1 fully saturated rings. The first-order valence-corrected chi connectivity index (χ1v) is 6.44. The minimum absolute atomic E-state index is 0.388.